The molecule has 1 amide bonds. The first kappa shape index (κ1) is 12.8. The quantitative estimate of drug-likeness (QED) is 0.746. The molecular weight excluding hydrogens is 278 g/mol. The average Bonchev–Trinajstić information content (AvgIpc) is 2.86. The molecule has 5 nitrogen and oxygen atoms in total. The van der Waals surface area contributed by atoms with Crippen molar-refractivity contribution < 1.29 is 4.79 Å². The molecule has 22 heavy (non-hydrogen) atoms. The van der Waals surface area contributed by atoms with Gasteiger partial charge in [-0.2, -0.15) is 0 Å². The van der Waals surface area contributed by atoms with E-state index in [1.54, 1.807) is 24.3 Å². The molecule has 1 aromatic heterocycles. The lowest BCUT2D eigenvalue weighted by molar-refractivity contribution is 0.0956. The van der Waals surface area contributed by atoms with Crippen LogP contribution in [0.5, 0.6) is 0 Å². The van der Waals surface area contributed by atoms with E-state index in [1.807, 2.05) is 31.2 Å². The SMILES string of the molecule is Cc1ccc(C2NC(=O)c3nc4ccccc4c(=O)n32)cc1. The van der Waals surface area contributed by atoms with Crippen LogP contribution in [0.4, 0.5) is 0 Å². The maximum atomic E-state index is 12.7. The first-order valence-corrected chi connectivity index (χ1v) is 7.04. The van der Waals surface area contributed by atoms with Crippen molar-refractivity contribution in [2.45, 2.75) is 13.1 Å². The van der Waals surface area contributed by atoms with Crippen LogP contribution in [0.1, 0.15) is 27.9 Å². The Balaban J connectivity index is 1.99. The van der Waals surface area contributed by atoms with Crippen LogP contribution in [-0.4, -0.2) is 15.5 Å². The number of benzene rings is 2. The summed E-state index contributed by atoms with van der Waals surface area (Å²) >= 11 is 0. The van der Waals surface area contributed by atoms with Gasteiger partial charge in [0.15, 0.2) is 0 Å². The van der Waals surface area contributed by atoms with Crippen molar-refractivity contribution in [1.29, 1.82) is 0 Å². The lowest BCUT2D eigenvalue weighted by atomic mass is 10.1. The molecule has 0 spiro atoms. The summed E-state index contributed by atoms with van der Waals surface area (Å²) in [6, 6.07) is 14.8. The molecule has 0 bridgehead atoms. The van der Waals surface area contributed by atoms with Crippen molar-refractivity contribution in [3.05, 3.63) is 75.8 Å². The van der Waals surface area contributed by atoms with Gasteiger partial charge in [-0.25, -0.2) is 4.98 Å². The fourth-order valence-corrected chi connectivity index (χ4v) is 2.78. The number of hydrogen-bond donors (Lipinski definition) is 1. The van der Waals surface area contributed by atoms with Gasteiger partial charge in [0.1, 0.15) is 6.17 Å². The summed E-state index contributed by atoms with van der Waals surface area (Å²) in [4.78, 5) is 29.3. The van der Waals surface area contributed by atoms with Gasteiger partial charge in [0.05, 0.1) is 10.9 Å². The summed E-state index contributed by atoms with van der Waals surface area (Å²) in [7, 11) is 0. The Bertz CT molecular complexity index is 958. The molecule has 1 unspecified atom stereocenters. The van der Waals surface area contributed by atoms with E-state index in [9.17, 15) is 9.59 Å². The topological polar surface area (TPSA) is 64.0 Å². The standard InChI is InChI=1S/C17H13N3O2/c1-10-6-8-11(9-7-10)14-19-16(21)15-18-13-5-3-2-4-12(13)17(22)20(14)15/h2-9,14H,1H3,(H,19,21). The maximum absolute atomic E-state index is 12.7. The minimum Gasteiger partial charge on any atom is -0.325 e. The van der Waals surface area contributed by atoms with Crippen LogP contribution in [0.3, 0.4) is 0 Å². The predicted molar refractivity (Wildman–Crippen MR) is 82.8 cm³/mol. The number of nitrogens with one attached hydrogen (secondary N) is 1. The second-order valence-corrected chi connectivity index (χ2v) is 5.41. The van der Waals surface area contributed by atoms with Gasteiger partial charge in [-0.1, -0.05) is 42.0 Å². The van der Waals surface area contributed by atoms with Crippen molar-refractivity contribution >= 4 is 16.8 Å². The number of amides is 1. The average molecular weight is 291 g/mol. The Hall–Kier alpha value is -2.95. The highest BCUT2D eigenvalue weighted by Gasteiger charge is 2.32. The van der Waals surface area contributed by atoms with E-state index in [0.29, 0.717) is 10.9 Å². The summed E-state index contributed by atoms with van der Waals surface area (Å²) in [5.74, 6) is -0.164. The lowest BCUT2D eigenvalue weighted by Crippen LogP contribution is -2.28. The first-order valence-electron chi connectivity index (χ1n) is 7.04. The zero-order valence-corrected chi connectivity index (χ0v) is 11.9. The summed E-state index contributed by atoms with van der Waals surface area (Å²) in [6.45, 7) is 1.99. The molecule has 0 radical (unpaired) electrons. The van der Waals surface area contributed by atoms with Crippen LogP contribution >= 0.6 is 0 Å². The minimum absolute atomic E-state index is 0.161. The van der Waals surface area contributed by atoms with Crippen molar-refractivity contribution in [3.63, 3.8) is 0 Å². The molecule has 2 heterocycles. The number of para-hydroxylation sites is 1. The Labute approximate surface area is 126 Å². The molecule has 0 fully saturated rings. The second kappa shape index (κ2) is 4.53. The molecule has 1 N–H and O–H groups in total. The molecule has 2 aromatic carbocycles. The molecule has 3 aromatic rings. The number of carbonyl (C=O) groups excluding carboxylic acids is 1. The molecule has 5 heteroatoms. The molecular formula is C17H13N3O2. The number of rotatable bonds is 1. The van der Waals surface area contributed by atoms with Gasteiger partial charge < -0.3 is 5.32 Å². The van der Waals surface area contributed by atoms with Gasteiger partial charge in [-0.3, -0.25) is 14.2 Å². The Morgan fingerprint density at radius 2 is 1.77 bits per heavy atom. The number of aryl methyl sites for hydroxylation is 1. The van der Waals surface area contributed by atoms with E-state index < -0.39 is 6.17 Å². The van der Waals surface area contributed by atoms with E-state index in [2.05, 4.69) is 10.3 Å². The van der Waals surface area contributed by atoms with Crippen LogP contribution < -0.4 is 10.9 Å². The molecule has 108 valence electrons. The molecule has 1 aliphatic heterocycles. The Morgan fingerprint density at radius 1 is 1.05 bits per heavy atom. The minimum atomic E-state index is -0.507. The molecule has 0 aliphatic carbocycles. The zero-order chi connectivity index (χ0) is 15.3. The van der Waals surface area contributed by atoms with Crippen LogP contribution in [0, 0.1) is 6.92 Å². The molecule has 0 saturated heterocycles. The van der Waals surface area contributed by atoms with Crippen molar-refractivity contribution in [3.8, 4) is 0 Å². The van der Waals surface area contributed by atoms with E-state index in [-0.39, 0.29) is 17.3 Å². The van der Waals surface area contributed by atoms with Crippen molar-refractivity contribution in [2.75, 3.05) is 0 Å². The highest BCUT2D eigenvalue weighted by molar-refractivity contribution is 5.95. The molecule has 4 rings (SSSR count). The van der Waals surface area contributed by atoms with Crippen LogP contribution in [0.15, 0.2) is 53.3 Å². The normalized spacial score (nSPS) is 16.6. The van der Waals surface area contributed by atoms with E-state index in [0.717, 1.165) is 11.1 Å². The van der Waals surface area contributed by atoms with Gasteiger partial charge >= 0.3 is 0 Å². The zero-order valence-electron chi connectivity index (χ0n) is 11.9. The van der Waals surface area contributed by atoms with Crippen molar-refractivity contribution in [2.24, 2.45) is 0 Å². The summed E-state index contributed by atoms with van der Waals surface area (Å²) in [5, 5.41) is 3.35. The van der Waals surface area contributed by atoms with Gasteiger partial charge in [-0.15, -0.1) is 0 Å². The van der Waals surface area contributed by atoms with Crippen LogP contribution in [0.2, 0.25) is 0 Å². The summed E-state index contributed by atoms with van der Waals surface area (Å²) < 4.78 is 1.44. The third-order valence-corrected chi connectivity index (χ3v) is 3.93. The third kappa shape index (κ3) is 1.75. The number of fused-ring (bicyclic) bond motifs is 2. The number of hydrogen-bond acceptors (Lipinski definition) is 3. The largest absolute Gasteiger partial charge is 0.325 e. The number of aromatic nitrogens is 2. The van der Waals surface area contributed by atoms with Gasteiger partial charge in [-0.05, 0) is 24.6 Å². The summed E-state index contributed by atoms with van der Waals surface area (Å²) in [6.07, 6.45) is -0.507. The third-order valence-electron chi connectivity index (χ3n) is 3.93. The highest BCUT2D eigenvalue weighted by Crippen LogP contribution is 2.22. The monoisotopic (exact) mass is 291 g/mol. The molecule has 0 saturated carbocycles. The van der Waals surface area contributed by atoms with Gasteiger partial charge in [0, 0.05) is 0 Å². The maximum Gasteiger partial charge on any atom is 0.289 e. The molecule has 1 aliphatic rings. The summed E-state index contributed by atoms with van der Waals surface area (Å²) in [5.41, 5.74) is 2.32. The second-order valence-electron chi connectivity index (χ2n) is 5.41. The van der Waals surface area contributed by atoms with E-state index in [1.165, 1.54) is 4.57 Å². The molecule has 1 atom stereocenters. The van der Waals surface area contributed by atoms with Crippen molar-refractivity contribution in [1.82, 2.24) is 14.9 Å². The lowest BCUT2D eigenvalue weighted by Gasteiger charge is -2.14. The highest BCUT2D eigenvalue weighted by atomic mass is 16.2. The van der Waals surface area contributed by atoms with Gasteiger partial charge in [0.2, 0.25) is 5.82 Å². The van der Waals surface area contributed by atoms with Crippen LogP contribution in [-0.2, 0) is 0 Å². The smallest absolute Gasteiger partial charge is 0.289 e. The fraction of sp³-hybridized carbons (Fsp3) is 0.118. The number of nitrogens with zero attached hydrogens (tertiary/aromatic N) is 2. The van der Waals surface area contributed by atoms with Gasteiger partial charge in [0.25, 0.3) is 11.5 Å². The van der Waals surface area contributed by atoms with E-state index >= 15 is 0 Å². The Kier molecular flexibility index (Phi) is 2.63. The van der Waals surface area contributed by atoms with E-state index in [4.69, 9.17) is 0 Å². The fourth-order valence-electron chi connectivity index (χ4n) is 2.78. The predicted octanol–water partition coefficient (Wildman–Crippen LogP) is 2.00. The number of carbonyl (C=O) groups is 1. The first-order chi connectivity index (χ1) is 10.6. The Morgan fingerprint density at radius 3 is 2.55 bits per heavy atom. The van der Waals surface area contributed by atoms with Crippen LogP contribution in [0.25, 0.3) is 10.9 Å².